The molecule has 0 aliphatic heterocycles. The summed E-state index contributed by atoms with van der Waals surface area (Å²) in [4.78, 5) is 30.8. The Hall–Kier alpha value is -2.93. The van der Waals surface area contributed by atoms with Crippen LogP contribution in [0.4, 0.5) is 16.5 Å². The van der Waals surface area contributed by atoms with Gasteiger partial charge in [0.05, 0.1) is 10.2 Å². The lowest BCUT2D eigenvalue weighted by Crippen LogP contribution is -2.17. The van der Waals surface area contributed by atoms with Crippen LogP contribution in [-0.4, -0.2) is 30.9 Å². The maximum atomic E-state index is 12.5. The highest BCUT2D eigenvalue weighted by atomic mass is 32.1. The number of carbonyl (C=O) groups excluding carboxylic acids is 2. The summed E-state index contributed by atoms with van der Waals surface area (Å²) in [7, 11) is 3.87. The summed E-state index contributed by atoms with van der Waals surface area (Å²) < 4.78 is 0.946. The van der Waals surface area contributed by atoms with Crippen LogP contribution in [0.15, 0.2) is 42.5 Å². The molecule has 0 saturated carbocycles. The lowest BCUT2D eigenvalue weighted by molar-refractivity contribution is -0.118. The average molecular weight is 382 g/mol. The van der Waals surface area contributed by atoms with Crippen LogP contribution in [0.25, 0.3) is 10.2 Å². The van der Waals surface area contributed by atoms with Crippen LogP contribution >= 0.6 is 11.3 Å². The molecule has 7 heteroatoms. The lowest BCUT2D eigenvalue weighted by Gasteiger charge is -2.13. The number of amides is 2. The first-order valence-corrected chi connectivity index (χ1v) is 9.45. The molecule has 2 aromatic carbocycles. The third-order valence-electron chi connectivity index (χ3n) is 4.02. The number of rotatable bonds is 5. The first-order chi connectivity index (χ1) is 12.8. The molecule has 0 saturated heterocycles. The van der Waals surface area contributed by atoms with E-state index >= 15 is 0 Å². The SMILES string of the molecule is CC(C)C(=O)Nc1nc2cc(NC(=O)c3cccc(N(C)C)c3)ccc2s1. The highest BCUT2D eigenvalue weighted by Gasteiger charge is 2.12. The number of thiazole rings is 1. The predicted molar refractivity (Wildman–Crippen MR) is 112 cm³/mol. The molecule has 0 spiro atoms. The van der Waals surface area contributed by atoms with Crippen LogP contribution in [0, 0.1) is 5.92 Å². The van der Waals surface area contributed by atoms with Gasteiger partial charge in [-0.05, 0) is 36.4 Å². The smallest absolute Gasteiger partial charge is 0.255 e. The zero-order valence-corrected chi connectivity index (χ0v) is 16.6. The molecule has 3 aromatic rings. The number of nitrogens with zero attached hydrogens (tertiary/aromatic N) is 2. The van der Waals surface area contributed by atoms with Crippen molar-refractivity contribution in [3.05, 3.63) is 48.0 Å². The second kappa shape index (κ2) is 7.75. The molecule has 2 N–H and O–H groups in total. The fourth-order valence-electron chi connectivity index (χ4n) is 2.44. The van der Waals surface area contributed by atoms with E-state index in [1.54, 1.807) is 6.07 Å². The minimum Gasteiger partial charge on any atom is -0.378 e. The molecule has 0 aliphatic carbocycles. The monoisotopic (exact) mass is 382 g/mol. The van der Waals surface area contributed by atoms with Gasteiger partial charge < -0.3 is 15.5 Å². The van der Waals surface area contributed by atoms with Crippen molar-refractivity contribution in [2.45, 2.75) is 13.8 Å². The Morgan fingerprint density at radius 1 is 1.07 bits per heavy atom. The second-order valence-corrected chi connectivity index (χ2v) is 7.78. The van der Waals surface area contributed by atoms with Crippen LogP contribution in [0.5, 0.6) is 0 Å². The van der Waals surface area contributed by atoms with Crippen molar-refractivity contribution < 1.29 is 9.59 Å². The van der Waals surface area contributed by atoms with Gasteiger partial charge >= 0.3 is 0 Å². The van der Waals surface area contributed by atoms with Crippen LogP contribution in [0.3, 0.4) is 0 Å². The highest BCUT2D eigenvalue weighted by Crippen LogP contribution is 2.28. The number of aromatic nitrogens is 1. The number of carbonyl (C=O) groups is 2. The Labute approximate surface area is 162 Å². The Morgan fingerprint density at radius 3 is 2.56 bits per heavy atom. The maximum Gasteiger partial charge on any atom is 0.255 e. The third kappa shape index (κ3) is 4.43. The van der Waals surface area contributed by atoms with E-state index in [9.17, 15) is 9.59 Å². The van der Waals surface area contributed by atoms with Gasteiger partial charge in [-0.3, -0.25) is 9.59 Å². The van der Waals surface area contributed by atoms with E-state index in [0.29, 0.717) is 16.4 Å². The van der Waals surface area contributed by atoms with E-state index in [1.165, 1.54) is 11.3 Å². The Kier molecular flexibility index (Phi) is 5.41. The summed E-state index contributed by atoms with van der Waals surface area (Å²) in [5.41, 5.74) is 2.95. The van der Waals surface area contributed by atoms with E-state index < -0.39 is 0 Å². The van der Waals surface area contributed by atoms with Crippen LogP contribution in [0.2, 0.25) is 0 Å². The predicted octanol–water partition coefficient (Wildman–Crippen LogP) is 4.21. The molecule has 0 radical (unpaired) electrons. The first kappa shape index (κ1) is 18.8. The molecule has 0 fully saturated rings. The third-order valence-corrected chi connectivity index (χ3v) is 4.98. The first-order valence-electron chi connectivity index (χ1n) is 8.63. The normalized spacial score (nSPS) is 10.9. The van der Waals surface area contributed by atoms with Gasteiger partial charge in [-0.2, -0.15) is 0 Å². The molecule has 0 bridgehead atoms. The molecular weight excluding hydrogens is 360 g/mol. The Morgan fingerprint density at radius 2 is 1.85 bits per heavy atom. The molecule has 0 unspecified atom stereocenters. The van der Waals surface area contributed by atoms with E-state index in [1.807, 2.05) is 69.2 Å². The van der Waals surface area contributed by atoms with Gasteiger partial charge in [0.25, 0.3) is 5.91 Å². The van der Waals surface area contributed by atoms with Gasteiger partial charge in [-0.25, -0.2) is 4.98 Å². The standard InChI is InChI=1S/C20H22N4O2S/c1-12(2)18(25)23-20-22-16-11-14(8-9-17(16)27-20)21-19(26)13-6-5-7-15(10-13)24(3)4/h5-12H,1-4H3,(H,21,26)(H,22,23,25). The quantitative estimate of drug-likeness (QED) is 0.693. The van der Waals surface area contributed by atoms with Gasteiger partial charge in [-0.1, -0.05) is 31.3 Å². The summed E-state index contributed by atoms with van der Waals surface area (Å²) in [5.74, 6) is -0.352. The number of hydrogen-bond donors (Lipinski definition) is 2. The van der Waals surface area contributed by atoms with Crippen molar-refractivity contribution in [1.29, 1.82) is 0 Å². The number of benzene rings is 2. The molecule has 0 aliphatic rings. The van der Waals surface area contributed by atoms with Crippen molar-refractivity contribution in [3.8, 4) is 0 Å². The van der Waals surface area contributed by atoms with Crippen molar-refractivity contribution in [3.63, 3.8) is 0 Å². The Balaban J connectivity index is 1.78. The summed E-state index contributed by atoms with van der Waals surface area (Å²) in [5, 5.41) is 6.28. The molecular formula is C20H22N4O2S. The van der Waals surface area contributed by atoms with Gasteiger partial charge in [0, 0.05) is 37.0 Å². The van der Waals surface area contributed by atoms with E-state index in [4.69, 9.17) is 0 Å². The van der Waals surface area contributed by atoms with Crippen LogP contribution in [-0.2, 0) is 4.79 Å². The molecule has 140 valence electrons. The molecule has 27 heavy (non-hydrogen) atoms. The summed E-state index contributed by atoms with van der Waals surface area (Å²) >= 11 is 1.41. The number of anilines is 3. The summed E-state index contributed by atoms with van der Waals surface area (Å²) in [6, 6.07) is 13.0. The van der Waals surface area contributed by atoms with Crippen molar-refractivity contribution in [2.24, 2.45) is 5.92 Å². The number of nitrogens with one attached hydrogen (secondary N) is 2. The molecule has 6 nitrogen and oxygen atoms in total. The minimum atomic E-state index is -0.179. The highest BCUT2D eigenvalue weighted by molar-refractivity contribution is 7.22. The summed E-state index contributed by atoms with van der Waals surface area (Å²) in [6.07, 6.45) is 0. The lowest BCUT2D eigenvalue weighted by atomic mass is 10.1. The average Bonchev–Trinajstić information content (AvgIpc) is 3.03. The molecule has 1 heterocycles. The second-order valence-electron chi connectivity index (χ2n) is 6.74. The largest absolute Gasteiger partial charge is 0.378 e. The van der Waals surface area contributed by atoms with Crippen LogP contribution in [0.1, 0.15) is 24.2 Å². The van der Waals surface area contributed by atoms with Crippen molar-refractivity contribution >= 4 is 49.9 Å². The van der Waals surface area contributed by atoms with Gasteiger partial charge in [0.1, 0.15) is 0 Å². The fraction of sp³-hybridized carbons (Fsp3) is 0.250. The van der Waals surface area contributed by atoms with Gasteiger partial charge in [0.2, 0.25) is 5.91 Å². The number of fused-ring (bicyclic) bond motifs is 1. The minimum absolute atomic E-state index is 0.0663. The fourth-order valence-corrected chi connectivity index (χ4v) is 3.29. The van der Waals surface area contributed by atoms with Gasteiger partial charge in [0.15, 0.2) is 5.13 Å². The number of hydrogen-bond acceptors (Lipinski definition) is 5. The van der Waals surface area contributed by atoms with E-state index in [0.717, 1.165) is 15.9 Å². The van der Waals surface area contributed by atoms with E-state index in [-0.39, 0.29) is 17.7 Å². The topological polar surface area (TPSA) is 74.3 Å². The molecule has 2 amide bonds. The zero-order chi connectivity index (χ0) is 19.6. The van der Waals surface area contributed by atoms with Crippen molar-refractivity contribution in [2.75, 3.05) is 29.6 Å². The van der Waals surface area contributed by atoms with Crippen LogP contribution < -0.4 is 15.5 Å². The Bertz CT molecular complexity index is 995. The van der Waals surface area contributed by atoms with Crippen molar-refractivity contribution in [1.82, 2.24) is 4.98 Å². The zero-order valence-electron chi connectivity index (χ0n) is 15.7. The summed E-state index contributed by atoms with van der Waals surface area (Å²) in [6.45, 7) is 3.67. The maximum absolute atomic E-state index is 12.5. The molecule has 0 atom stereocenters. The van der Waals surface area contributed by atoms with Gasteiger partial charge in [-0.15, -0.1) is 0 Å². The molecule has 3 rings (SSSR count). The van der Waals surface area contributed by atoms with E-state index in [2.05, 4.69) is 15.6 Å². The molecule has 1 aromatic heterocycles.